The summed E-state index contributed by atoms with van der Waals surface area (Å²) in [4.78, 5) is 37.8. The quantitative estimate of drug-likeness (QED) is 0.0201. The Labute approximate surface area is 368 Å². The van der Waals surface area contributed by atoms with Crippen molar-refractivity contribution in [2.75, 3.05) is 13.2 Å². The maximum absolute atomic E-state index is 12.7. The molecule has 0 rings (SSSR count). The van der Waals surface area contributed by atoms with E-state index in [2.05, 4.69) is 93.7 Å². The van der Waals surface area contributed by atoms with Crippen molar-refractivity contribution in [1.29, 1.82) is 0 Å². The standard InChI is InChI=1S/C54H86O6/c1-4-7-10-13-16-19-22-24-25-26-27-28-29-31-32-35-38-41-44-47-53(56)59-50-51(49-58-52(55)46-43-40-37-34-21-18-15-12-9-6-3)60-54(57)48-45-42-39-36-33-30-23-20-17-14-11-8-5-2/h7-8,10-11,14-20,23-25,27-28,30,33,51H,4-6,9,12-13,21-22,26,29,31-32,34-50H2,1-3H3/b10-7-,11-8-,17-14-,18-15-,19-16-,23-20-,25-24-,28-27-,33-30-. The van der Waals surface area contributed by atoms with Gasteiger partial charge < -0.3 is 14.2 Å². The number of ether oxygens (including phenoxy) is 3. The number of esters is 3. The Bertz CT molecular complexity index is 1280. The Balaban J connectivity index is 4.45. The van der Waals surface area contributed by atoms with E-state index in [0.29, 0.717) is 19.3 Å². The maximum atomic E-state index is 12.7. The molecule has 0 aromatic carbocycles. The van der Waals surface area contributed by atoms with Crippen LogP contribution in [0.5, 0.6) is 0 Å². The first-order valence-electron chi connectivity index (χ1n) is 23.9. The van der Waals surface area contributed by atoms with Gasteiger partial charge in [-0.2, -0.15) is 0 Å². The lowest BCUT2D eigenvalue weighted by molar-refractivity contribution is -0.167. The fraction of sp³-hybridized carbons (Fsp3) is 0.611. The molecule has 1 unspecified atom stereocenters. The fourth-order valence-electron chi connectivity index (χ4n) is 6.01. The Morgan fingerprint density at radius 3 is 1.25 bits per heavy atom. The largest absolute Gasteiger partial charge is 0.462 e. The summed E-state index contributed by atoms with van der Waals surface area (Å²) < 4.78 is 16.7. The lowest BCUT2D eigenvalue weighted by Crippen LogP contribution is -2.30. The van der Waals surface area contributed by atoms with E-state index >= 15 is 0 Å². The molecule has 6 heteroatoms. The van der Waals surface area contributed by atoms with Gasteiger partial charge in [0.2, 0.25) is 0 Å². The van der Waals surface area contributed by atoms with Gasteiger partial charge in [-0.1, -0.05) is 188 Å². The van der Waals surface area contributed by atoms with Gasteiger partial charge in [-0.25, -0.2) is 0 Å². The first-order valence-corrected chi connectivity index (χ1v) is 23.9. The van der Waals surface area contributed by atoms with Crippen molar-refractivity contribution in [3.63, 3.8) is 0 Å². The van der Waals surface area contributed by atoms with Gasteiger partial charge in [0.15, 0.2) is 6.10 Å². The van der Waals surface area contributed by atoms with E-state index in [0.717, 1.165) is 122 Å². The number of hydrogen-bond donors (Lipinski definition) is 0. The lowest BCUT2D eigenvalue weighted by atomic mass is 10.1. The number of carbonyl (C=O) groups excluding carboxylic acids is 3. The van der Waals surface area contributed by atoms with Gasteiger partial charge in [0.1, 0.15) is 13.2 Å². The Morgan fingerprint density at radius 1 is 0.367 bits per heavy atom. The molecule has 1 atom stereocenters. The molecule has 0 heterocycles. The summed E-state index contributed by atoms with van der Waals surface area (Å²) in [5, 5.41) is 0. The lowest BCUT2D eigenvalue weighted by Gasteiger charge is -2.18. The van der Waals surface area contributed by atoms with Crippen LogP contribution >= 0.6 is 0 Å². The number of allylic oxidation sites excluding steroid dienone is 18. The van der Waals surface area contributed by atoms with E-state index in [1.165, 1.54) is 25.7 Å². The highest BCUT2D eigenvalue weighted by Crippen LogP contribution is 2.12. The molecule has 338 valence electrons. The maximum Gasteiger partial charge on any atom is 0.306 e. The van der Waals surface area contributed by atoms with Gasteiger partial charge in [-0.3, -0.25) is 14.4 Å². The molecule has 0 aliphatic carbocycles. The monoisotopic (exact) mass is 831 g/mol. The van der Waals surface area contributed by atoms with Crippen molar-refractivity contribution in [2.24, 2.45) is 0 Å². The molecule has 0 aromatic heterocycles. The first kappa shape index (κ1) is 56.1. The van der Waals surface area contributed by atoms with Crippen molar-refractivity contribution < 1.29 is 28.6 Å². The van der Waals surface area contributed by atoms with Crippen LogP contribution in [0, 0.1) is 0 Å². The van der Waals surface area contributed by atoms with Crippen molar-refractivity contribution in [1.82, 2.24) is 0 Å². The third kappa shape index (κ3) is 45.2. The Morgan fingerprint density at radius 2 is 0.733 bits per heavy atom. The molecule has 0 radical (unpaired) electrons. The van der Waals surface area contributed by atoms with Gasteiger partial charge >= 0.3 is 17.9 Å². The van der Waals surface area contributed by atoms with Crippen LogP contribution in [0.3, 0.4) is 0 Å². The van der Waals surface area contributed by atoms with Crippen molar-refractivity contribution >= 4 is 17.9 Å². The highest BCUT2D eigenvalue weighted by Gasteiger charge is 2.19. The van der Waals surface area contributed by atoms with Crippen LogP contribution in [-0.2, 0) is 28.6 Å². The first-order chi connectivity index (χ1) is 29.5. The van der Waals surface area contributed by atoms with E-state index in [-0.39, 0.29) is 37.5 Å². The molecule has 0 bridgehead atoms. The van der Waals surface area contributed by atoms with E-state index in [1.807, 2.05) is 36.5 Å². The number of unbranched alkanes of at least 4 members (excludes halogenated alkanes) is 15. The molecule has 0 aliphatic heterocycles. The zero-order chi connectivity index (χ0) is 43.7. The topological polar surface area (TPSA) is 78.9 Å². The smallest absolute Gasteiger partial charge is 0.306 e. The number of rotatable bonds is 41. The molecular formula is C54H86O6. The third-order valence-electron chi connectivity index (χ3n) is 9.59. The molecule has 0 saturated carbocycles. The highest BCUT2D eigenvalue weighted by atomic mass is 16.6. The molecular weight excluding hydrogens is 745 g/mol. The minimum absolute atomic E-state index is 0.107. The van der Waals surface area contributed by atoms with Crippen LogP contribution in [0.1, 0.15) is 194 Å². The molecule has 0 fully saturated rings. The van der Waals surface area contributed by atoms with E-state index in [9.17, 15) is 14.4 Å². The van der Waals surface area contributed by atoms with Crippen LogP contribution in [0.2, 0.25) is 0 Å². The minimum Gasteiger partial charge on any atom is -0.462 e. The van der Waals surface area contributed by atoms with Gasteiger partial charge in [0, 0.05) is 19.3 Å². The van der Waals surface area contributed by atoms with E-state index < -0.39 is 6.10 Å². The molecule has 0 aromatic rings. The van der Waals surface area contributed by atoms with Gasteiger partial charge in [0.25, 0.3) is 0 Å². The predicted molar refractivity (Wildman–Crippen MR) is 256 cm³/mol. The third-order valence-corrected chi connectivity index (χ3v) is 9.59. The van der Waals surface area contributed by atoms with Gasteiger partial charge in [0.05, 0.1) is 0 Å². The molecule has 0 aliphatic rings. The number of hydrogen-bond acceptors (Lipinski definition) is 6. The van der Waals surface area contributed by atoms with Crippen LogP contribution in [0.15, 0.2) is 109 Å². The van der Waals surface area contributed by atoms with E-state index in [1.54, 1.807) is 0 Å². The summed E-state index contributed by atoms with van der Waals surface area (Å²) in [6.45, 7) is 6.25. The second-order valence-electron chi connectivity index (χ2n) is 15.3. The molecule has 0 N–H and O–H groups in total. The van der Waals surface area contributed by atoms with Crippen LogP contribution in [0.4, 0.5) is 0 Å². The summed E-state index contributed by atoms with van der Waals surface area (Å²) in [6.07, 6.45) is 63.6. The SMILES string of the molecule is CC\C=C/C=C\C=C/C=C\CCCCCC(=O)OC(COC(=O)CCCCCC/C=C\CCCC)COC(=O)CCCCCCCC/C=C\C/C=C\C/C=C\C/C=C\CC. The fourth-order valence-corrected chi connectivity index (χ4v) is 6.01. The van der Waals surface area contributed by atoms with Crippen LogP contribution < -0.4 is 0 Å². The zero-order valence-electron chi connectivity index (χ0n) is 38.4. The molecule has 60 heavy (non-hydrogen) atoms. The molecule has 6 nitrogen and oxygen atoms in total. The summed E-state index contributed by atoms with van der Waals surface area (Å²) >= 11 is 0. The normalized spacial score (nSPS) is 13.1. The molecule has 0 amide bonds. The minimum atomic E-state index is -0.809. The Kier molecular flexibility index (Phi) is 44.6. The summed E-state index contributed by atoms with van der Waals surface area (Å²) in [7, 11) is 0. The molecule has 0 saturated heterocycles. The number of carbonyl (C=O) groups is 3. The van der Waals surface area contributed by atoms with Crippen molar-refractivity contribution in [3.8, 4) is 0 Å². The highest BCUT2D eigenvalue weighted by molar-refractivity contribution is 5.71. The second kappa shape index (κ2) is 47.7. The average molecular weight is 831 g/mol. The van der Waals surface area contributed by atoms with Crippen molar-refractivity contribution in [2.45, 2.75) is 200 Å². The van der Waals surface area contributed by atoms with Crippen LogP contribution in [0.25, 0.3) is 0 Å². The van der Waals surface area contributed by atoms with Crippen LogP contribution in [-0.4, -0.2) is 37.2 Å². The zero-order valence-corrected chi connectivity index (χ0v) is 38.4. The van der Waals surface area contributed by atoms with Gasteiger partial charge in [-0.05, 0) is 96.3 Å². The predicted octanol–water partition coefficient (Wildman–Crippen LogP) is 15.6. The van der Waals surface area contributed by atoms with E-state index in [4.69, 9.17) is 14.2 Å². The van der Waals surface area contributed by atoms with Gasteiger partial charge in [-0.15, -0.1) is 0 Å². The summed E-state index contributed by atoms with van der Waals surface area (Å²) in [6, 6.07) is 0. The molecule has 0 spiro atoms. The average Bonchev–Trinajstić information content (AvgIpc) is 3.24. The van der Waals surface area contributed by atoms with Crippen molar-refractivity contribution in [3.05, 3.63) is 109 Å². The summed E-state index contributed by atoms with van der Waals surface area (Å²) in [5.41, 5.74) is 0. The summed E-state index contributed by atoms with van der Waals surface area (Å²) in [5.74, 6) is -0.984. The Hall–Kier alpha value is -3.93. The second-order valence-corrected chi connectivity index (χ2v) is 15.3.